The average Bonchev–Trinajstić information content (AvgIpc) is 3.45. The molecule has 4 heteroatoms. The van der Waals surface area contributed by atoms with Gasteiger partial charge in [-0.2, -0.15) is 0 Å². The smallest absolute Gasteiger partial charge is 0.160 e. The van der Waals surface area contributed by atoms with E-state index in [1.807, 2.05) is 91.0 Å². The maximum absolute atomic E-state index is 6.64. The summed E-state index contributed by atoms with van der Waals surface area (Å²) in [5.41, 5.74) is 9.10. The Morgan fingerprint density at radius 3 is 1.85 bits per heavy atom. The molecular weight excluding hydrogens is 502 g/mol. The van der Waals surface area contributed by atoms with Gasteiger partial charge < -0.3 is 4.42 Å². The lowest BCUT2D eigenvalue weighted by Crippen LogP contribution is -1.97. The van der Waals surface area contributed by atoms with E-state index in [9.17, 15) is 0 Å². The Hall–Kier alpha value is -5.61. The van der Waals surface area contributed by atoms with E-state index in [4.69, 9.17) is 19.4 Å². The van der Waals surface area contributed by atoms with Crippen LogP contribution in [0.15, 0.2) is 144 Å². The van der Waals surface area contributed by atoms with Crippen molar-refractivity contribution in [3.05, 3.63) is 140 Å². The number of rotatable bonds is 4. The molecule has 0 fully saturated rings. The lowest BCUT2D eigenvalue weighted by atomic mass is 9.98. The fraction of sp³-hybridized carbons (Fsp3) is 0. The third kappa shape index (κ3) is 3.97. The van der Waals surface area contributed by atoms with Crippen LogP contribution in [-0.4, -0.2) is 15.0 Å². The Morgan fingerprint density at radius 2 is 1.10 bits per heavy atom. The summed E-state index contributed by atoms with van der Waals surface area (Å²) in [6.07, 6.45) is 0. The number of aromatic nitrogens is 3. The zero-order chi connectivity index (χ0) is 27.2. The number of benzene rings is 5. The lowest BCUT2D eigenvalue weighted by Gasteiger charge is -2.12. The van der Waals surface area contributed by atoms with E-state index < -0.39 is 0 Å². The summed E-state index contributed by atoms with van der Waals surface area (Å²) in [4.78, 5) is 15.3. The summed E-state index contributed by atoms with van der Waals surface area (Å²) < 4.78 is 6.64. The first kappa shape index (κ1) is 23.3. The molecule has 3 aromatic heterocycles. The maximum Gasteiger partial charge on any atom is 0.160 e. The van der Waals surface area contributed by atoms with Crippen LogP contribution in [0.4, 0.5) is 0 Å². The van der Waals surface area contributed by atoms with Crippen LogP contribution in [0.2, 0.25) is 0 Å². The summed E-state index contributed by atoms with van der Waals surface area (Å²) in [5.74, 6) is 0.675. The summed E-state index contributed by atoms with van der Waals surface area (Å²) >= 11 is 0. The molecule has 0 aliphatic rings. The molecule has 0 spiro atoms. The minimum Gasteiger partial charge on any atom is -0.455 e. The third-order valence-electron chi connectivity index (χ3n) is 7.48. The summed E-state index contributed by atoms with van der Waals surface area (Å²) in [6, 6.07) is 47.1. The van der Waals surface area contributed by atoms with Crippen LogP contribution in [0, 0.1) is 0 Å². The highest BCUT2D eigenvalue weighted by atomic mass is 16.3. The molecule has 0 aliphatic heterocycles. The van der Waals surface area contributed by atoms with Crippen molar-refractivity contribution in [1.82, 2.24) is 15.0 Å². The first-order valence-corrected chi connectivity index (χ1v) is 13.6. The molecule has 4 nitrogen and oxygen atoms in total. The SMILES string of the molecule is c1ccc(-c2cc(-c3cccc4nc(-c5ccccc5)c5c6ccccc6oc5c34)nc(-c3ccccc3)n2)cc1. The molecule has 3 heterocycles. The van der Waals surface area contributed by atoms with Crippen LogP contribution in [0.1, 0.15) is 0 Å². The highest BCUT2D eigenvalue weighted by molar-refractivity contribution is 6.22. The summed E-state index contributed by atoms with van der Waals surface area (Å²) in [6.45, 7) is 0. The van der Waals surface area contributed by atoms with E-state index in [1.165, 1.54) is 0 Å². The second-order valence-electron chi connectivity index (χ2n) is 10.0. The van der Waals surface area contributed by atoms with Crippen molar-refractivity contribution < 1.29 is 4.42 Å². The van der Waals surface area contributed by atoms with Gasteiger partial charge in [-0.15, -0.1) is 0 Å². The van der Waals surface area contributed by atoms with Gasteiger partial charge in [0.1, 0.15) is 11.2 Å². The molecule has 41 heavy (non-hydrogen) atoms. The number of para-hydroxylation sites is 1. The molecule has 0 bridgehead atoms. The van der Waals surface area contributed by atoms with Gasteiger partial charge in [0.05, 0.1) is 33.4 Å². The van der Waals surface area contributed by atoms with Gasteiger partial charge in [-0.05, 0) is 18.2 Å². The van der Waals surface area contributed by atoms with Crippen molar-refractivity contribution in [2.45, 2.75) is 0 Å². The molecule has 0 radical (unpaired) electrons. The Balaban J connectivity index is 1.47. The average molecular weight is 526 g/mol. The molecule has 0 saturated carbocycles. The number of nitrogens with zero attached hydrogens (tertiary/aromatic N) is 3. The predicted octanol–water partition coefficient (Wildman–Crippen LogP) is 9.59. The van der Waals surface area contributed by atoms with Crippen molar-refractivity contribution in [2.24, 2.45) is 0 Å². The van der Waals surface area contributed by atoms with Crippen molar-refractivity contribution in [3.63, 3.8) is 0 Å². The molecule has 0 aliphatic carbocycles. The fourth-order valence-electron chi connectivity index (χ4n) is 5.58. The van der Waals surface area contributed by atoms with Crippen LogP contribution in [0.25, 0.3) is 78.0 Å². The van der Waals surface area contributed by atoms with Crippen molar-refractivity contribution in [1.29, 1.82) is 0 Å². The highest BCUT2D eigenvalue weighted by Crippen LogP contribution is 2.42. The maximum atomic E-state index is 6.64. The van der Waals surface area contributed by atoms with E-state index in [0.717, 1.165) is 72.2 Å². The molecule has 8 rings (SSSR count). The van der Waals surface area contributed by atoms with Gasteiger partial charge in [-0.3, -0.25) is 0 Å². The molecule has 192 valence electrons. The quantitative estimate of drug-likeness (QED) is 0.230. The van der Waals surface area contributed by atoms with Crippen molar-refractivity contribution in [2.75, 3.05) is 0 Å². The van der Waals surface area contributed by atoms with Gasteiger partial charge in [0.15, 0.2) is 5.82 Å². The Morgan fingerprint density at radius 1 is 0.463 bits per heavy atom. The van der Waals surface area contributed by atoms with Crippen LogP contribution in [-0.2, 0) is 0 Å². The standard InChI is InChI=1S/C37H23N3O/c1-4-13-24(14-5-1)30-23-31(40-37(39-30)26-17-8-3-9-18-26)27-20-12-21-29-33(27)36-34(28-19-10-11-22-32(28)41-36)35(38-29)25-15-6-2-7-16-25/h1-23H. The van der Waals surface area contributed by atoms with Gasteiger partial charge in [-0.25, -0.2) is 15.0 Å². The van der Waals surface area contributed by atoms with Crippen LogP contribution < -0.4 is 0 Å². The van der Waals surface area contributed by atoms with Gasteiger partial charge in [0.25, 0.3) is 0 Å². The Labute approximate surface area is 236 Å². The largest absolute Gasteiger partial charge is 0.455 e. The van der Waals surface area contributed by atoms with Crippen molar-refractivity contribution >= 4 is 32.8 Å². The summed E-state index contributed by atoms with van der Waals surface area (Å²) in [7, 11) is 0. The minimum absolute atomic E-state index is 0.675. The molecule has 0 N–H and O–H groups in total. The lowest BCUT2D eigenvalue weighted by molar-refractivity contribution is 0.672. The van der Waals surface area contributed by atoms with Gasteiger partial charge in [0.2, 0.25) is 0 Å². The second-order valence-corrected chi connectivity index (χ2v) is 10.0. The number of hydrogen-bond acceptors (Lipinski definition) is 4. The van der Waals surface area contributed by atoms with Crippen LogP contribution in [0.5, 0.6) is 0 Å². The van der Waals surface area contributed by atoms with E-state index in [-0.39, 0.29) is 0 Å². The highest BCUT2D eigenvalue weighted by Gasteiger charge is 2.21. The summed E-state index contributed by atoms with van der Waals surface area (Å²) in [5, 5.41) is 2.99. The monoisotopic (exact) mass is 525 g/mol. The fourth-order valence-corrected chi connectivity index (χ4v) is 5.58. The van der Waals surface area contributed by atoms with Gasteiger partial charge in [0, 0.05) is 27.6 Å². The van der Waals surface area contributed by atoms with E-state index in [0.29, 0.717) is 5.82 Å². The number of hydrogen-bond donors (Lipinski definition) is 0. The molecule has 0 amide bonds. The van der Waals surface area contributed by atoms with Gasteiger partial charge >= 0.3 is 0 Å². The first-order chi connectivity index (χ1) is 20.3. The molecular formula is C37H23N3O. The Bertz CT molecular complexity index is 2130. The number of pyridine rings is 1. The van der Waals surface area contributed by atoms with Crippen LogP contribution >= 0.6 is 0 Å². The Kier molecular flexibility index (Phi) is 5.42. The predicted molar refractivity (Wildman–Crippen MR) is 166 cm³/mol. The molecule has 0 unspecified atom stereocenters. The zero-order valence-corrected chi connectivity index (χ0v) is 22.0. The molecule has 8 aromatic rings. The number of furan rings is 1. The van der Waals surface area contributed by atoms with E-state index >= 15 is 0 Å². The zero-order valence-electron chi connectivity index (χ0n) is 22.0. The minimum atomic E-state index is 0.675. The van der Waals surface area contributed by atoms with Gasteiger partial charge in [-0.1, -0.05) is 121 Å². The second kappa shape index (κ2) is 9.54. The van der Waals surface area contributed by atoms with Crippen LogP contribution in [0.3, 0.4) is 0 Å². The molecule has 0 atom stereocenters. The molecule has 0 saturated heterocycles. The normalized spacial score (nSPS) is 11.4. The number of fused-ring (bicyclic) bond motifs is 5. The first-order valence-electron chi connectivity index (χ1n) is 13.6. The topological polar surface area (TPSA) is 51.8 Å². The third-order valence-corrected chi connectivity index (χ3v) is 7.48. The van der Waals surface area contributed by atoms with E-state index in [2.05, 4.69) is 48.5 Å². The molecule has 5 aromatic carbocycles. The van der Waals surface area contributed by atoms with E-state index in [1.54, 1.807) is 0 Å². The van der Waals surface area contributed by atoms with Crippen molar-refractivity contribution in [3.8, 4) is 45.2 Å².